The van der Waals surface area contributed by atoms with Gasteiger partial charge in [-0.3, -0.25) is 4.79 Å². The number of hydrogen-bond donors (Lipinski definition) is 1. The third kappa shape index (κ3) is 4.97. The van der Waals surface area contributed by atoms with Gasteiger partial charge in [-0.15, -0.1) is 11.3 Å². The topological polar surface area (TPSA) is 29.1 Å². The molecule has 0 radical (unpaired) electrons. The maximum absolute atomic E-state index is 12.0. The van der Waals surface area contributed by atoms with Crippen molar-refractivity contribution in [2.75, 3.05) is 0 Å². The van der Waals surface area contributed by atoms with Crippen LogP contribution in [0.5, 0.6) is 0 Å². The summed E-state index contributed by atoms with van der Waals surface area (Å²) < 4.78 is 1.15. The van der Waals surface area contributed by atoms with Gasteiger partial charge in [-0.25, -0.2) is 0 Å². The first kappa shape index (κ1) is 16.2. The van der Waals surface area contributed by atoms with Crippen LogP contribution in [0.3, 0.4) is 0 Å². The van der Waals surface area contributed by atoms with Crippen molar-refractivity contribution in [3.05, 3.63) is 56.2 Å². The van der Waals surface area contributed by atoms with Crippen molar-refractivity contribution in [3.63, 3.8) is 0 Å². The molecule has 4 heteroatoms. The first-order chi connectivity index (χ1) is 10.1. The van der Waals surface area contributed by atoms with Gasteiger partial charge in [-0.2, -0.15) is 0 Å². The van der Waals surface area contributed by atoms with Crippen LogP contribution in [-0.2, 0) is 11.2 Å². The number of carbonyl (C=O) groups excluding carboxylic acids is 1. The van der Waals surface area contributed by atoms with Gasteiger partial charge in [0.05, 0.1) is 9.83 Å². The Labute approximate surface area is 138 Å². The third-order valence-electron chi connectivity index (χ3n) is 3.49. The predicted octanol–water partition coefficient (Wildman–Crippen LogP) is 5.02. The zero-order valence-corrected chi connectivity index (χ0v) is 14.8. The summed E-state index contributed by atoms with van der Waals surface area (Å²) in [5.41, 5.74) is 2.40. The first-order valence-corrected chi connectivity index (χ1v) is 8.76. The molecule has 0 saturated carbocycles. The van der Waals surface area contributed by atoms with E-state index in [2.05, 4.69) is 52.4 Å². The molecule has 2 aromatic rings. The molecule has 0 aliphatic heterocycles. The molecule has 1 amide bonds. The van der Waals surface area contributed by atoms with Crippen molar-refractivity contribution in [3.8, 4) is 0 Å². The zero-order chi connectivity index (χ0) is 15.2. The molecule has 0 bridgehead atoms. The summed E-state index contributed by atoms with van der Waals surface area (Å²) in [7, 11) is 0. The fraction of sp³-hybridized carbons (Fsp3) is 0.353. The number of benzene rings is 1. The minimum absolute atomic E-state index is 0.0644. The smallest absolute Gasteiger partial charge is 0.220 e. The van der Waals surface area contributed by atoms with Gasteiger partial charge in [0.2, 0.25) is 5.91 Å². The highest BCUT2D eigenvalue weighted by Crippen LogP contribution is 2.23. The van der Waals surface area contributed by atoms with E-state index in [9.17, 15) is 4.79 Å². The molecule has 1 atom stereocenters. The van der Waals surface area contributed by atoms with Crippen LogP contribution in [-0.4, -0.2) is 5.91 Å². The lowest BCUT2D eigenvalue weighted by molar-refractivity contribution is -0.121. The third-order valence-corrected chi connectivity index (χ3v) is 5.17. The van der Waals surface area contributed by atoms with Crippen LogP contribution in [0.15, 0.2) is 40.2 Å². The van der Waals surface area contributed by atoms with E-state index in [4.69, 9.17) is 0 Å². The summed E-state index contributed by atoms with van der Waals surface area (Å²) in [5.74, 6) is 0.126. The molecule has 0 spiro atoms. The molecule has 0 aliphatic carbocycles. The normalized spacial score (nSPS) is 12.1. The molecule has 1 aromatic carbocycles. The standard InChI is InChI=1S/C17H20BrNOS/c1-12-6-3-4-8-15(12)13(2)19-17(20)9-5-7-14-10-11-16(18)21-14/h3-4,6,8,10-11,13H,5,7,9H2,1-2H3,(H,19,20). The Bertz CT molecular complexity index is 608. The van der Waals surface area contributed by atoms with Crippen LogP contribution < -0.4 is 5.32 Å². The summed E-state index contributed by atoms with van der Waals surface area (Å²) in [6.45, 7) is 4.11. The van der Waals surface area contributed by atoms with E-state index in [0.717, 1.165) is 16.6 Å². The maximum Gasteiger partial charge on any atom is 0.220 e. The highest BCUT2D eigenvalue weighted by Gasteiger charge is 2.11. The van der Waals surface area contributed by atoms with Gasteiger partial charge in [0.15, 0.2) is 0 Å². The van der Waals surface area contributed by atoms with E-state index in [1.165, 1.54) is 16.0 Å². The highest BCUT2D eigenvalue weighted by molar-refractivity contribution is 9.11. The van der Waals surface area contributed by atoms with E-state index >= 15 is 0 Å². The summed E-state index contributed by atoms with van der Waals surface area (Å²) >= 11 is 5.19. The Morgan fingerprint density at radius 1 is 1.29 bits per heavy atom. The quantitative estimate of drug-likeness (QED) is 0.764. The molecule has 2 rings (SSSR count). The number of hydrogen-bond acceptors (Lipinski definition) is 2. The van der Waals surface area contributed by atoms with Crippen molar-refractivity contribution in [1.29, 1.82) is 0 Å². The number of aryl methyl sites for hydroxylation is 2. The molecule has 1 heterocycles. The van der Waals surface area contributed by atoms with Crippen LogP contribution in [0.4, 0.5) is 0 Å². The Balaban J connectivity index is 1.78. The number of halogens is 1. The second kappa shape index (κ2) is 7.76. The molecule has 1 aromatic heterocycles. The first-order valence-electron chi connectivity index (χ1n) is 7.15. The van der Waals surface area contributed by atoms with Crippen molar-refractivity contribution < 1.29 is 4.79 Å². The fourth-order valence-electron chi connectivity index (χ4n) is 2.37. The molecular formula is C17H20BrNOS. The molecular weight excluding hydrogens is 346 g/mol. The van der Waals surface area contributed by atoms with E-state index in [-0.39, 0.29) is 11.9 Å². The van der Waals surface area contributed by atoms with Crippen molar-refractivity contribution >= 4 is 33.2 Å². The molecule has 0 aliphatic rings. The number of carbonyl (C=O) groups is 1. The summed E-state index contributed by atoms with van der Waals surface area (Å²) in [4.78, 5) is 13.3. The lowest BCUT2D eigenvalue weighted by Crippen LogP contribution is -2.26. The lowest BCUT2D eigenvalue weighted by atomic mass is 10.0. The van der Waals surface area contributed by atoms with Gasteiger partial charge in [-0.05, 0) is 65.9 Å². The minimum atomic E-state index is 0.0644. The minimum Gasteiger partial charge on any atom is -0.350 e. The van der Waals surface area contributed by atoms with E-state index in [1.54, 1.807) is 11.3 Å². The Kier molecular flexibility index (Phi) is 6.00. The van der Waals surface area contributed by atoms with Crippen LogP contribution in [0, 0.1) is 6.92 Å². The molecule has 1 N–H and O–H groups in total. The van der Waals surface area contributed by atoms with E-state index < -0.39 is 0 Å². The van der Waals surface area contributed by atoms with Crippen LogP contribution in [0.2, 0.25) is 0 Å². The lowest BCUT2D eigenvalue weighted by Gasteiger charge is -2.16. The molecule has 1 unspecified atom stereocenters. The van der Waals surface area contributed by atoms with E-state index in [0.29, 0.717) is 6.42 Å². The summed E-state index contributed by atoms with van der Waals surface area (Å²) in [5, 5.41) is 3.08. The molecule has 0 fully saturated rings. The Morgan fingerprint density at radius 2 is 2.05 bits per heavy atom. The van der Waals surface area contributed by atoms with E-state index in [1.807, 2.05) is 19.1 Å². The maximum atomic E-state index is 12.0. The molecule has 112 valence electrons. The van der Waals surface area contributed by atoms with Gasteiger partial charge >= 0.3 is 0 Å². The van der Waals surface area contributed by atoms with Gasteiger partial charge in [0.1, 0.15) is 0 Å². The van der Waals surface area contributed by atoms with Crippen molar-refractivity contribution in [2.45, 2.75) is 39.2 Å². The fourth-order valence-corrected chi connectivity index (χ4v) is 3.90. The van der Waals surface area contributed by atoms with Gasteiger partial charge in [0.25, 0.3) is 0 Å². The largest absolute Gasteiger partial charge is 0.350 e. The van der Waals surface area contributed by atoms with Gasteiger partial charge in [-0.1, -0.05) is 24.3 Å². The van der Waals surface area contributed by atoms with Crippen molar-refractivity contribution in [2.24, 2.45) is 0 Å². The molecule has 0 saturated heterocycles. The highest BCUT2D eigenvalue weighted by atomic mass is 79.9. The van der Waals surface area contributed by atoms with Crippen LogP contribution in [0.1, 0.15) is 41.8 Å². The SMILES string of the molecule is Cc1ccccc1C(C)NC(=O)CCCc1ccc(Br)s1. The average molecular weight is 366 g/mol. The Morgan fingerprint density at radius 3 is 2.71 bits per heavy atom. The van der Waals surface area contributed by atoms with Crippen LogP contribution >= 0.6 is 27.3 Å². The van der Waals surface area contributed by atoms with Gasteiger partial charge < -0.3 is 5.32 Å². The average Bonchev–Trinajstić information content (AvgIpc) is 2.84. The Hall–Kier alpha value is -1.13. The predicted molar refractivity (Wildman–Crippen MR) is 92.7 cm³/mol. The molecule has 21 heavy (non-hydrogen) atoms. The summed E-state index contributed by atoms with van der Waals surface area (Å²) in [6, 6.07) is 12.4. The van der Waals surface area contributed by atoms with Gasteiger partial charge in [0, 0.05) is 11.3 Å². The molecule has 2 nitrogen and oxygen atoms in total. The van der Waals surface area contributed by atoms with Crippen molar-refractivity contribution in [1.82, 2.24) is 5.32 Å². The summed E-state index contributed by atoms with van der Waals surface area (Å²) in [6.07, 6.45) is 2.42. The number of rotatable bonds is 6. The monoisotopic (exact) mass is 365 g/mol. The number of amides is 1. The second-order valence-electron chi connectivity index (χ2n) is 5.21. The number of thiophene rings is 1. The van der Waals surface area contributed by atoms with Crippen LogP contribution in [0.25, 0.3) is 0 Å². The second-order valence-corrected chi connectivity index (χ2v) is 7.75. The number of nitrogens with one attached hydrogen (secondary N) is 1. The zero-order valence-electron chi connectivity index (χ0n) is 12.4.